The SMILES string of the molecule is Cn1ccc(NC(=O)Nc2ccc(OCC(F)(F)F)c(F)c2)n1. The van der Waals surface area contributed by atoms with Gasteiger partial charge in [0, 0.05) is 31.1 Å². The van der Waals surface area contributed by atoms with E-state index in [1.165, 1.54) is 10.7 Å². The Balaban J connectivity index is 1.95. The van der Waals surface area contributed by atoms with Crippen molar-refractivity contribution >= 4 is 17.5 Å². The van der Waals surface area contributed by atoms with Crippen LogP contribution in [0.5, 0.6) is 5.75 Å². The number of halogens is 4. The fourth-order valence-corrected chi connectivity index (χ4v) is 1.62. The minimum Gasteiger partial charge on any atom is -0.481 e. The summed E-state index contributed by atoms with van der Waals surface area (Å²) in [6.45, 7) is -1.60. The summed E-state index contributed by atoms with van der Waals surface area (Å²) < 4.78 is 55.5. The van der Waals surface area contributed by atoms with Gasteiger partial charge in [0.15, 0.2) is 24.0 Å². The monoisotopic (exact) mass is 332 g/mol. The first-order chi connectivity index (χ1) is 10.7. The third-order valence-electron chi connectivity index (χ3n) is 2.54. The van der Waals surface area contributed by atoms with E-state index in [0.29, 0.717) is 0 Å². The molecule has 124 valence electrons. The van der Waals surface area contributed by atoms with Gasteiger partial charge in [-0.1, -0.05) is 0 Å². The molecule has 0 aliphatic rings. The minimum absolute atomic E-state index is 0.0512. The molecule has 6 nitrogen and oxygen atoms in total. The second-order valence-corrected chi connectivity index (χ2v) is 4.50. The highest BCUT2D eigenvalue weighted by atomic mass is 19.4. The van der Waals surface area contributed by atoms with Crippen molar-refractivity contribution in [3.63, 3.8) is 0 Å². The van der Waals surface area contributed by atoms with E-state index in [1.807, 2.05) is 0 Å². The zero-order chi connectivity index (χ0) is 17.0. The van der Waals surface area contributed by atoms with Crippen LogP contribution in [0.4, 0.5) is 33.9 Å². The highest BCUT2D eigenvalue weighted by molar-refractivity contribution is 5.99. The number of nitrogens with zero attached hydrogens (tertiary/aromatic N) is 2. The van der Waals surface area contributed by atoms with Gasteiger partial charge in [-0.2, -0.15) is 18.3 Å². The molecule has 0 aliphatic carbocycles. The van der Waals surface area contributed by atoms with Crippen LogP contribution in [0.1, 0.15) is 0 Å². The van der Waals surface area contributed by atoms with E-state index in [0.717, 1.165) is 12.1 Å². The number of urea groups is 1. The summed E-state index contributed by atoms with van der Waals surface area (Å²) in [7, 11) is 1.66. The number of rotatable bonds is 4. The molecule has 0 fully saturated rings. The van der Waals surface area contributed by atoms with Gasteiger partial charge in [0.2, 0.25) is 0 Å². The van der Waals surface area contributed by atoms with Gasteiger partial charge < -0.3 is 10.1 Å². The van der Waals surface area contributed by atoms with Crippen LogP contribution < -0.4 is 15.4 Å². The van der Waals surface area contributed by atoms with Crippen molar-refractivity contribution in [2.75, 3.05) is 17.2 Å². The Morgan fingerprint density at radius 1 is 1.30 bits per heavy atom. The number of hydrogen-bond acceptors (Lipinski definition) is 3. The zero-order valence-corrected chi connectivity index (χ0v) is 11.8. The van der Waals surface area contributed by atoms with Gasteiger partial charge in [0.25, 0.3) is 0 Å². The van der Waals surface area contributed by atoms with Gasteiger partial charge in [-0.3, -0.25) is 10.00 Å². The van der Waals surface area contributed by atoms with Crippen molar-refractivity contribution < 1.29 is 27.1 Å². The van der Waals surface area contributed by atoms with Gasteiger partial charge in [-0.05, 0) is 12.1 Å². The number of nitrogens with one attached hydrogen (secondary N) is 2. The first kappa shape index (κ1) is 16.6. The van der Waals surface area contributed by atoms with Crippen LogP contribution >= 0.6 is 0 Å². The normalized spacial score (nSPS) is 11.2. The number of hydrogen-bond donors (Lipinski definition) is 2. The quantitative estimate of drug-likeness (QED) is 0.845. The Morgan fingerprint density at radius 2 is 2.04 bits per heavy atom. The molecule has 1 aromatic heterocycles. The highest BCUT2D eigenvalue weighted by Gasteiger charge is 2.28. The number of anilines is 2. The number of ether oxygens (including phenoxy) is 1. The van der Waals surface area contributed by atoms with Crippen molar-refractivity contribution in [3.05, 3.63) is 36.3 Å². The summed E-state index contributed by atoms with van der Waals surface area (Å²) in [4.78, 5) is 11.7. The van der Waals surface area contributed by atoms with Gasteiger partial charge in [0.1, 0.15) is 0 Å². The average molecular weight is 332 g/mol. The maximum Gasteiger partial charge on any atom is 0.422 e. The molecule has 0 saturated carbocycles. The fraction of sp³-hybridized carbons (Fsp3) is 0.231. The molecular formula is C13H12F4N4O2. The first-order valence-electron chi connectivity index (χ1n) is 6.30. The third-order valence-corrected chi connectivity index (χ3v) is 2.54. The van der Waals surface area contributed by atoms with Crippen molar-refractivity contribution in [2.24, 2.45) is 7.05 Å². The van der Waals surface area contributed by atoms with Gasteiger partial charge in [-0.15, -0.1) is 0 Å². The molecule has 0 spiro atoms. The Morgan fingerprint density at radius 3 is 2.61 bits per heavy atom. The lowest BCUT2D eigenvalue weighted by molar-refractivity contribution is -0.153. The maximum atomic E-state index is 13.6. The largest absolute Gasteiger partial charge is 0.481 e. The maximum absolute atomic E-state index is 13.6. The Hall–Kier alpha value is -2.78. The standard InChI is InChI=1S/C13H12F4N4O2/c1-21-5-4-11(20-21)19-12(22)18-8-2-3-10(9(14)6-8)23-7-13(15,16)17/h2-6H,7H2,1H3,(H2,18,19,20,22). The zero-order valence-electron chi connectivity index (χ0n) is 11.8. The molecule has 10 heteroatoms. The summed E-state index contributed by atoms with van der Waals surface area (Å²) in [5.74, 6) is -1.29. The summed E-state index contributed by atoms with van der Waals surface area (Å²) in [6, 6.07) is 3.94. The molecule has 2 aromatic rings. The second kappa shape index (κ2) is 6.55. The molecule has 0 aliphatic heterocycles. The van der Waals surface area contributed by atoms with Gasteiger partial charge in [0.05, 0.1) is 0 Å². The summed E-state index contributed by atoms with van der Waals surface area (Å²) in [5, 5.41) is 8.64. The molecule has 1 aromatic carbocycles. The Labute approximate surface area is 128 Å². The summed E-state index contributed by atoms with van der Waals surface area (Å²) in [6.07, 6.45) is -2.95. The van der Waals surface area contributed by atoms with Gasteiger partial charge >= 0.3 is 12.2 Å². The van der Waals surface area contributed by atoms with Crippen LogP contribution in [0.15, 0.2) is 30.5 Å². The Kier molecular flexibility index (Phi) is 4.72. The smallest absolute Gasteiger partial charge is 0.422 e. The predicted molar refractivity (Wildman–Crippen MR) is 73.8 cm³/mol. The summed E-state index contributed by atoms with van der Waals surface area (Å²) >= 11 is 0. The number of carbonyl (C=O) groups is 1. The molecule has 0 unspecified atom stereocenters. The molecule has 0 atom stereocenters. The Bertz CT molecular complexity index is 700. The van der Waals surface area contributed by atoms with E-state index in [2.05, 4.69) is 20.5 Å². The predicted octanol–water partition coefficient (Wildman–Crippen LogP) is 3.14. The number of aryl methyl sites for hydroxylation is 1. The molecule has 2 N–H and O–H groups in total. The number of amides is 2. The molecule has 0 radical (unpaired) electrons. The van der Waals surface area contributed by atoms with E-state index in [4.69, 9.17) is 0 Å². The van der Waals surface area contributed by atoms with Crippen LogP contribution in [-0.2, 0) is 7.05 Å². The average Bonchev–Trinajstić information content (AvgIpc) is 2.82. The molecule has 0 saturated heterocycles. The molecule has 1 heterocycles. The first-order valence-corrected chi connectivity index (χ1v) is 6.30. The van der Waals surface area contributed by atoms with Crippen molar-refractivity contribution in [2.45, 2.75) is 6.18 Å². The van der Waals surface area contributed by atoms with E-state index in [1.54, 1.807) is 19.3 Å². The van der Waals surface area contributed by atoms with Crippen LogP contribution in [0.3, 0.4) is 0 Å². The molecule has 2 rings (SSSR count). The lowest BCUT2D eigenvalue weighted by Gasteiger charge is -2.11. The molecular weight excluding hydrogens is 320 g/mol. The lowest BCUT2D eigenvalue weighted by atomic mass is 10.3. The number of aromatic nitrogens is 2. The van der Waals surface area contributed by atoms with Gasteiger partial charge in [-0.25, -0.2) is 9.18 Å². The molecule has 23 heavy (non-hydrogen) atoms. The third kappa shape index (κ3) is 5.16. The lowest BCUT2D eigenvalue weighted by Crippen LogP contribution is -2.20. The molecule has 2 amide bonds. The van der Waals surface area contributed by atoms with E-state index < -0.39 is 30.4 Å². The summed E-state index contributed by atoms with van der Waals surface area (Å²) in [5.41, 5.74) is 0.0512. The number of benzene rings is 1. The highest BCUT2D eigenvalue weighted by Crippen LogP contribution is 2.24. The molecule has 0 bridgehead atoms. The van der Waals surface area contributed by atoms with E-state index in [9.17, 15) is 22.4 Å². The van der Waals surface area contributed by atoms with Crippen molar-refractivity contribution in [1.29, 1.82) is 0 Å². The second-order valence-electron chi connectivity index (χ2n) is 4.50. The van der Waals surface area contributed by atoms with Crippen molar-refractivity contribution in [1.82, 2.24) is 9.78 Å². The van der Waals surface area contributed by atoms with E-state index in [-0.39, 0.29) is 11.5 Å². The van der Waals surface area contributed by atoms with Crippen LogP contribution in [-0.4, -0.2) is 28.6 Å². The van der Waals surface area contributed by atoms with Crippen LogP contribution in [0, 0.1) is 5.82 Å². The van der Waals surface area contributed by atoms with E-state index >= 15 is 0 Å². The fourth-order valence-electron chi connectivity index (χ4n) is 1.62. The van der Waals surface area contributed by atoms with Crippen LogP contribution in [0.25, 0.3) is 0 Å². The van der Waals surface area contributed by atoms with Crippen molar-refractivity contribution in [3.8, 4) is 5.75 Å². The minimum atomic E-state index is -4.56. The topological polar surface area (TPSA) is 68.2 Å². The number of alkyl halides is 3. The van der Waals surface area contributed by atoms with Crippen LogP contribution in [0.2, 0.25) is 0 Å². The number of carbonyl (C=O) groups excluding carboxylic acids is 1.